The summed E-state index contributed by atoms with van der Waals surface area (Å²) in [6.07, 6.45) is 1.60. The fourth-order valence-electron chi connectivity index (χ4n) is 1.34. The molecular weight excluding hydrogens is 240 g/mol. The minimum atomic E-state index is -0.975. The van der Waals surface area contributed by atoms with Crippen molar-refractivity contribution in [2.45, 2.75) is 25.5 Å². The van der Waals surface area contributed by atoms with Crippen LogP contribution in [0.5, 0.6) is 0 Å². The van der Waals surface area contributed by atoms with Gasteiger partial charge < -0.3 is 4.52 Å². The van der Waals surface area contributed by atoms with Crippen molar-refractivity contribution in [3.05, 3.63) is 17.6 Å². The maximum absolute atomic E-state index is 11.0. The van der Waals surface area contributed by atoms with Gasteiger partial charge in [0.1, 0.15) is 0 Å². The highest BCUT2D eigenvalue weighted by molar-refractivity contribution is 7.83. The molecule has 0 saturated carbocycles. The number of aromatic amines is 1. The lowest BCUT2D eigenvalue weighted by Crippen LogP contribution is -1.94. The SMILES string of the molecule is CC(C)c1cc(-c2nc(CS(C)=O)no2)n[nH]1. The van der Waals surface area contributed by atoms with Crippen molar-refractivity contribution in [2.75, 3.05) is 6.26 Å². The van der Waals surface area contributed by atoms with Crippen LogP contribution in [0.25, 0.3) is 11.6 Å². The maximum Gasteiger partial charge on any atom is 0.278 e. The molecule has 6 nitrogen and oxygen atoms in total. The van der Waals surface area contributed by atoms with Gasteiger partial charge in [-0.1, -0.05) is 19.0 Å². The molecule has 0 aliphatic heterocycles. The minimum absolute atomic E-state index is 0.297. The first kappa shape index (κ1) is 12.0. The van der Waals surface area contributed by atoms with E-state index in [-0.39, 0.29) is 0 Å². The molecule has 2 heterocycles. The molecule has 2 aromatic heterocycles. The van der Waals surface area contributed by atoms with E-state index in [1.54, 1.807) is 6.26 Å². The number of rotatable bonds is 4. The summed E-state index contributed by atoms with van der Waals surface area (Å²) >= 11 is 0. The highest BCUT2D eigenvalue weighted by Crippen LogP contribution is 2.19. The van der Waals surface area contributed by atoms with Gasteiger partial charge in [0.15, 0.2) is 11.5 Å². The Hall–Kier alpha value is -1.50. The summed E-state index contributed by atoms with van der Waals surface area (Å²) in [6.45, 7) is 4.13. The van der Waals surface area contributed by atoms with Crippen molar-refractivity contribution in [1.82, 2.24) is 20.3 Å². The monoisotopic (exact) mass is 254 g/mol. The molecule has 0 aliphatic carbocycles. The fourth-order valence-corrected chi connectivity index (χ4v) is 1.82. The number of aromatic nitrogens is 4. The Bertz CT molecular complexity index is 532. The summed E-state index contributed by atoms with van der Waals surface area (Å²) in [5.74, 6) is 1.45. The molecule has 7 heteroatoms. The summed E-state index contributed by atoms with van der Waals surface area (Å²) in [7, 11) is -0.975. The Balaban J connectivity index is 2.21. The number of nitrogens with one attached hydrogen (secondary N) is 1. The molecule has 17 heavy (non-hydrogen) atoms. The third-order valence-corrected chi connectivity index (χ3v) is 2.90. The topological polar surface area (TPSA) is 84.7 Å². The average Bonchev–Trinajstić information content (AvgIpc) is 2.83. The largest absolute Gasteiger partial charge is 0.332 e. The second kappa shape index (κ2) is 4.79. The molecule has 1 unspecified atom stereocenters. The van der Waals surface area contributed by atoms with E-state index >= 15 is 0 Å². The van der Waals surface area contributed by atoms with Gasteiger partial charge in [-0.05, 0) is 12.0 Å². The van der Waals surface area contributed by atoms with Gasteiger partial charge in [0, 0.05) is 22.7 Å². The molecule has 0 bridgehead atoms. The molecule has 0 saturated heterocycles. The van der Waals surface area contributed by atoms with Crippen molar-refractivity contribution in [3.63, 3.8) is 0 Å². The van der Waals surface area contributed by atoms with Crippen molar-refractivity contribution in [2.24, 2.45) is 0 Å². The van der Waals surface area contributed by atoms with Crippen molar-refractivity contribution < 1.29 is 8.73 Å². The van der Waals surface area contributed by atoms with E-state index in [1.165, 1.54) is 0 Å². The first-order chi connectivity index (χ1) is 8.06. The molecule has 1 atom stereocenters. The van der Waals surface area contributed by atoms with Crippen molar-refractivity contribution >= 4 is 10.8 Å². The molecule has 0 amide bonds. The second-order valence-corrected chi connectivity index (χ2v) is 5.53. The highest BCUT2D eigenvalue weighted by atomic mass is 32.2. The number of hydrogen-bond donors (Lipinski definition) is 1. The molecule has 2 rings (SSSR count). The van der Waals surface area contributed by atoms with Crippen LogP contribution in [0.2, 0.25) is 0 Å². The van der Waals surface area contributed by atoms with Crippen LogP contribution < -0.4 is 0 Å². The number of nitrogens with zero attached hydrogens (tertiary/aromatic N) is 3. The molecule has 1 N–H and O–H groups in total. The first-order valence-corrected chi connectivity index (χ1v) is 6.97. The molecule has 0 fully saturated rings. The molecule has 0 spiro atoms. The van der Waals surface area contributed by atoms with E-state index in [0.29, 0.717) is 29.1 Å². The van der Waals surface area contributed by atoms with Crippen LogP contribution >= 0.6 is 0 Å². The zero-order valence-electron chi connectivity index (χ0n) is 9.93. The number of H-pyrrole nitrogens is 1. The summed E-state index contributed by atoms with van der Waals surface area (Å²) in [4.78, 5) is 4.14. The third-order valence-electron chi connectivity index (χ3n) is 2.24. The van der Waals surface area contributed by atoms with E-state index in [4.69, 9.17) is 4.52 Å². The van der Waals surface area contributed by atoms with Crippen LogP contribution in [0.15, 0.2) is 10.6 Å². The summed E-state index contributed by atoms with van der Waals surface area (Å²) < 4.78 is 16.1. The molecule has 92 valence electrons. The predicted molar refractivity (Wildman–Crippen MR) is 63.7 cm³/mol. The van der Waals surface area contributed by atoms with Crippen LogP contribution in [0.4, 0.5) is 0 Å². The zero-order valence-corrected chi connectivity index (χ0v) is 10.7. The van der Waals surface area contributed by atoms with E-state index in [1.807, 2.05) is 6.07 Å². The van der Waals surface area contributed by atoms with E-state index in [0.717, 1.165) is 5.69 Å². The van der Waals surface area contributed by atoms with Crippen LogP contribution in [-0.2, 0) is 16.6 Å². The molecule has 0 aromatic carbocycles. The molecule has 0 radical (unpaired) electrons. The maximum atomic E-state index is 11.0. The van der Waals surface area contributed by atoms with Crippen LogP contribution in [0.1, 0.15) is 31.3 Å². The second-order valence-electron chi connectivity index (χ2n) is 4.10. The van der Waals surface area contributed by atoms with Gasteiger partial charge in [-0.25, -0.2) is 0 Å². The zero-order chi connectivity index (χ0) is 12.4. The smallest absolute Gasteiger partial charge is 0.278 e. The third kappa shape index (κ3) is 2.79. The lowest BCUT2D eigenvalue weighted by Gasteiger charge is -1.95. The van der Waals surface area contributed by atoms with E-state index < -0.39 is 10.8 Å². The first-order valence-electron chi connectivity index (χ1n) is 5.24. The van der Waals surface area contributed by atoms with E-state index in [2.05, 4.69) is 34.2 Å². The Kier molecular flexibility index (Phi) is 3.37. The molecule has 0 aliphatic rings. The average molecular weight is 254 g/mol. The van der Waals surface area contributed by atoms with Gasteiger partial charge in [-0.3, -0.25) is 9.31 Å². The lowest BCUT2D eigenvalue weighted by molar-refractivity contribution is 0.423. The quantitative estimate of drug-likeness (QED) is 0.892. The Morgan fingerprint density at radius 1 is 1.53 bits per heavy atom. The van der Waals surface area contributed by atoms with Gasteiger partial charge >= 0.3 is 0 Å². The summed E-state index contributed by atoms with van der Waals surface area (Å²) in [6, 6.07) is 1.88. The fraction of sp³-hybridized carbons (Fsp3) is 0.500. The summed E-state index contributed by atoms with van der Waals surface area (Å²) in [5.41, 5.74) is 1.63. The van der Waals surface area contributed by atoms with Gasteiger partial charge in [-0.15, -0.1) is 0 Å². The van der Waals surface area contributed by atoms with Gasteiger partial charge in [0.2, 0.25) is 0 Å². The van der Waals surface area contributed by atoms with Gasteiger partial charge in [0.25, 0.3) is 5.89 Å². The van der Waals surface area contributed by atoms with Crippen LogP contribution in [0, 0.1) is 0 Å². The van der Waals surface area contributed by atoms with Crippen molar-refractivity contribution in [3.8, 4) is 11.6 Å². The number of hydrogen-bond acceptors (Lipinski definition) is 5. The normalized spacial score (nSPS) is 13.2. The molecular formula is C10H14N4O2S. The highest BCUT2D eigenvalue weighted by Gasteiger charge is 2.14. The standard InChI is InChI=1S/C10H14N4O2S/c1-6(2)7-4-8(13-12-7)10-11-9(14-16-10)5-17(3)15/h4,6H,5H2,1-3H3,(H,12,13). The van der Waals surface area contributed by atoms with Crippen LogP contribution in [0.3, 0.4) is 0 Å². The van der Waals surface area contributed by atoms with Crippen LogP contribution in [-0.4, -0.2) is 30.8 Å². The Morgan fingerprint density at radius 3 is 2.88 bits per heavy atom. The summed E-state index contributed by atoms with van der Waals surface area (Å²) in [5, 5.41) is 10.8. The lowest BCUT2D eigenvalue weighted by atomic mass is 10.1. The van der Waals surface area contributed by atoms with Gasteiger partial charge in [0.05, 0.1) is 5.75 Å². The van der Waals surface area contributed by atoms with E-state index in [9.17, 15) is 4.21 Å². The Labute approximate surface area is 101 Å². The Morgan fingerprint density at radius 2 is 2.29 bits per heavy atom. The van der Waals surface area contributed by atoms with Crippen molar-refractivity contribution in [1.29, 1.82) is 0 Å². The van der Waals surface area contributed by atoms with Gasteiger partial charge in [-0.2, -0.15) is 10.1 Å². The minimum Gasteiger partial charge on any atom is -0.332 e. The predicted octanol–water partition coefficient (Wildman–Crippen LogP) is 1.46. The molecule has 2 aromatic rings.